The number of aromatic nitrogens is 1. The van der Waals surface area contributed by atoms with Crippen molar-refractivity contribution in [1.82, 2.24) is 20.5 Å². The van der Waals surface area contributed by atoms with Gasteiger partial charge in [-0.3, -0.25) is 14.5 Å². The normalized spacial score (nSPS) is 14.2. The molecule has 196 valence electrons. The fraction of sp³-hybridized carbons (Fsp3) is 0.500. The van der Waals surface area contributed by atoms with Crippen molar-refractivity contribution in [2.75, 3.05) is 44.7 Å². The molecule has 0 radical (unpaired) electrons. The molecule has 2 amide bonds. The van der Waals surface area contributed by atoms with Crippen molar-refractivity contribution in [2.45, 2.75) is 46.2 Å². The summed E-state index contributed by atoms with van der Waals surface area (Å²) in [5, 5.41) is 9.40. The van der Waals surface area contributed by atoms with E-state index in [4.69, 9.17) is 21.1 Å². The largest absolute Gasteiger partial charge is 0.492 e. The minimum atomic E-state index is -0.213. The molecule has 0 unspecified atom stereocenters. The van der Waals surface area contributed by atoms with E-state index in [0.717, 1.165) is 43.9 Å². The molecule has 0 aliphatic carbocycles. The molecule has 0 bridgehead atoms. The molecule has 1 aliphatic heterocycles. The van der Waals surface area contributed by atoms with Gasteiger partial charge < -0.3 is 25.4 Å². The summed E-state index contributed by atoms with van der Waals surface area (Å²) in [6.07, 6.45) is 3.53. The van der Waals surface area contributed by atoms with Crippen LogP contribution in [0.5, 0.6) is 11.5 Å². The van der Waals surface area contributed by atoms with Gasteiger partial charge in [-0.25, -0.2) is 4.98 Å². The van der Waals surface area contributed by atoms with E-state index in [-0.39, 0.29) is 11.8 Å². The Bertz CT molecular complexity index is 983. The number of halogens is 1. The Morgan fingerprint density at radius 1 is 1.06 bits per heavy atom. The van der Waals surface area contributed by atoms with Gasteiger partial charge in [-0.1, -0.05) is 11.6 Å². The van der Waals surface area contributed by atoms with Gasteiger partial charge in [-0.2, -0.15) is 0 Å². The van der Waals surface area contributed by atoms with Crippen molar-refractivity contribution in [3.8, 4) is 11.5 Å². The molecule has 0 spiro atoms. The number of benzene rings is 1. The Hall–Kier alpha value is -3.04. The third-order valence-electron chi connectivity index (χ3n) is 5.82. The minimum absolute atomic E-state index is 0.122. The van der Waals surface area contributed by atoms with Crippen LogP contribution in [0.15, 0.2) is 30.5 Å². The van der Waals surface area contributed by atoms with Crippen LogP contribution >= 0.6 is 11.6 Å². The second-order valence-corrected chi connectivity index (χ2v) is 9.02. The summed E-state index contributed by atoms with van der Waals surface area (Å²) >= 11 is 6.43. The first-order valence-electron chi connectivity index (χ1n) is 12.4. The van der Waals surface area contributed by atoms with E-state index >= 15 is 0 Å². The van der Waals surface area contributed by atoms with E-state index in [1.165, 1.54) is 6.92 Å². The number of hydrogen-bond acceptors (Lipinski definition) is 7. The number of anilines is 1. The van der Waals surface area contributed by atoms with Crippen LogP contribution in [0, 0.1) is 0 Å². The van der Waals surface area contributed by atoms with E-state index in [0.29, 0.717) is 54.4 Å². The fourth-order valence-corrected chi connectivity index (χ4v) is 4.29. The summed E-state index contributed by atoms with van der Waals surface area (Å²) in [5.41, 5.74) is 1.60. The van der Waals surface area contributed by atoms with Gasteiger partial charge >= 0.3 is 0 Å². The Balaban J connectivity index is 1.47. The summed E-state index contributed by atoms with van der Waals surface area (Å²) in [6.45, 7) is 9.87. The average Bonchev–Trinajstić information content (AvgIpc) is 2.86. The molecule has 1 saturated heterocycles. The maximum atomic E-state index is 12.2. The van der Waals surface area contributed by atoms with Crippen molar-refractivity contribution < 1.29 is 19.1 Å². The van der Waals surface area contributed by atoms with Gasteiger partial charge in [0.05, 0.1) is 18.8 Å². The average molecular weight is 518 g/mol. The van der Waals surface area contributed by atoms with Crippen molar-refractivity contribution in [2.24, 2.45) is 0 Å². The van der Waals surface area contributed by atoms with Gasteiger partial charge in [-0.15, -0.1) is 0 Å². The van der Waals surface area contributed by atoms with Crippen LogP contribution in [0.25, 0.3) is 0 Å². The maximum Gasteiger partial charge on any atom is 0.252 e. The number of piperidine rings is 1. The molecule has 1 aromatic heterocycles. The fourth-order valence-electron chi connectivity index (χ4n) is 4.07. The second-order valence-electron chi connectivity index (χ2n) is 8.64. The van der Waals surface area contributed by atoms with Crippen LogP contribution < -0.4 is 25.4 Å². The van der Waals surface area contributed by atoms with Crippen LogP contribution in [-0.2, 0) is 11.3 Å². The first-order valence-corrected chi connectivity index (χ1v) is 12.8. The highest BCUT2D eigenvalue weighted by atomic mass is 35.5. The van der Waals surface area contributed by atoms with Crippen LogP contribution in [0.2, 0.25) is 5.02 Å². The molecule has 3 rings (SSSR count). The van der Waals surface area contributed by atoms with Crippen molar-refractivity contribution in [1.29, 1.82) is 0 Å². The van der Waals surface area contributed by atoms with Gasteiger partial charge in [0.2, 0.25) is 5.91 Å². The topological polar surface area (TPSA) is 105 Å². The lowest BCUT2D eigenvalue weighted by molar-refractivity contribution is -0.118. The molecular weight excluding hydrogens is 482 g/mol. The first-order chi connectivity index (χ1) is 17.4. The quantitative estimate of drug-likeness (QED) is 0.370. The third kappa shape index (κ3) is 8.27. The number of amides is 2. The van der Waals surface area contributed by atoms with Crippen LogP contribution in [0.4, 0.5) is 5.82 Å². The molecule has 0 atom stereocenters. The van der Waals surface area contributed by atoms with Crippen LogP contribution in [0.3, 0.4) is 0 Å². The van der Waals surface area contributed by atoms with E-state index in [2.05, 4.69) is 25.8 Å². The van der Waals surface area contributed by atoms with E-state index < -0.39 is 0 Å². The number of rotatable bonds is 12. The van der Waals surface area contributed by atoms with Gasteiger partial charge in [0, 0.05) is 51.9 Å². The molecule has 1 fully saturated rings. The Morgan fingerprint density at radius 3 is 2.25 bits per heavy atom. The molecule has 1 aromatic carbocycles. The molecular formula is C26H36ClN5O4. The summed E-state index contributed by atoms with van der Waals surface area (Å²) in [7, 11) is 0. The van der Waals surface area contributed by atoms with Gasteiger partial charge in [0.1, 0.15) is 22.3 Å². The maximum absolute atomic E-state index is 12.2. The zero-order valence-corrected chi connectivity index (χ0v) is 22.0. The Kier molecular flexibility index (Phi) is 10.6. The number of nitrogens with zero attached hydrogens (tertiary/aromatic N) is 2. The second kappa shape index (κ2) is 13.9. The standard InChI is InChI=1S/C26H36ClN5O4/c1-4-35-22-14-19(15-23(25(22)27)36-5-2)17-32-12-8-21(9-13-32)31-24-7-6-20(16-30-24)26(34)29-11-10-28-18(3)33/h6-7,14-16,21H,4-5,8-13,17H2,1-3H3,(H,28,33)(H,29,34)(H,30,31). The summed E-state index contributed by atoms with van der Waals surface area (Å²) in [5.74, 6) is 1.74. The Labute approximate surface area is 217 Å². The molecule has 3 N–H and O–H groups in total. The SMILES string of the molecule is CCOc1cc(CN2CCC(Nc3ccc(C(=O)NCCNC(C)=O)cn3)CC2)cc(OCC)c1Cl. The summed E-state index contributed by atoms with van der Waals surface area (Å²) in [6, 6.07) is 7.90. The highest BCUT2D eigenvalue weighted by molar-refractivity contribution is 6.33. The van der Waals surface area contributed by atoms with Crippen molar-refractivity contribution >= 4 is 29.2 Å². The highest BCUT2D eigenvalue weighted by Crippen LogP contribution is 2.36. The molecule has 2 aromatic rings. The van der Waals surface area contributed by atoms with Crippen molar-refractivity contribution in [3.05, 3.63) is 46.6 Å². The third-order valence-corrected chi connectivity index (χ3v) is 6.19. The molecule has 1 aliphatic rings. The molecule has 9 nitrogen and oxygen atoms in total. The van der Waals surface area contributed by atoms with E-state index in [9.17, 15) is 9.59 Å². The smallest absolute Gasteiger partial charge is 0.252 e. The van der Waals surface area contributed by atoms with Crippen LogP contribution in [-0.4, -0.2) is 67.1 Å². The lowest BCUT2D eigenvalue weighted by Gasteiger charge is -2.32. The lowest BCUT2D eigenvalue weighted by atomic mass is 10.0. The predicted octanol–water partition coefficient (Wildman–Crippen LogP) is 3.47. The predicted molar refractivity (Wildman–Crippen MR) is 141 cm³/mol. The minimum Gasteiger partial charge on any atom is -0.492 e. The van der Waals surface area contributed by atoms with Gasteiger partial charge in [0.15, 0.2) is 0 Å². The number of hydrogen-bond donors (Lipinski definition) is 3. The molecule has 2 heterocycles. The first kappa shape index (κ1) is 27.5. The lowest BCUT2D eigenvalue weighted by Crippen LogP contribution is -2.38. The summed E-state index contributed by atoms with van der Waals surface area (Å²) in [4.78, 5) is 29.9. The zero-order chi connectivity index (χ0) is 25.9. The summed E-state index contributed by atoms with van der Waals surface area (Å²) < 4.78 is 11.4. The van der Waals surface area contributed by atoms with Gasteiger partial charge in [0.25, 0.3) is 5.91 Å². The molecule has 10 heteroatoms. The Morgan fingerprint density at radius 2 is 1.69 bits per heavy atom. The number of nitrogens with one attached hydrogen (secondary N) is 3. The van der Waals surface area contributed by atoms with Gasteiger partial charge in [-0.05, 0) is 56.5 Å². The highest BCUT2D eigenvalue weighted by Gasteiger charge is 2.21. The van der Waals surface area contributed by atoms with Crippen LogP contribution in [0.1, 0.15) is 49.5 Å². The number of carbonyl (C=O) groups excluding carboxylic acids is 2. The van der Waals surface area contributed by atoms with E-state index in [1.54, 1.807) is 12.3 Å². The van der Waals surface area contributed by atoms with E-state index in [1.807, 2.05) is 32.0 Å². The zero-order valence-electron chi connectivity index (χ0n) is 21.2. The molecule has 0 saturated carbocycles. The number of ether oxygens (including phenoxy) is 2. The number of carbonyl (C=O) groups is 2. The molecule has 36 heavy (non-hydrogen) atoms. The van der Waals surface area contributed by atoms with Crippen molar-refractivity contribution in [3.63, 3.8) is 0 Å². The number of pyridine rings is 1. The number of likely N-dealkylation sites (tertiary alicyclic amines) is 1. The monoisotopic (exact) mass is 517 g/mol.